The van der Waals surface area contributed by atoms with E-state index in [4.69, 9.17) is 4.98 Å². The van der Waals surface area contributed by atoms with Gasteiger partial charge < -0.3 is 5.32 Å². The van der Waals surface area contributed by atoms with Gasteiger partial charge in [-0.15, -0.1) is 0 Å². The van der Waals surface area contributed by atoms with Crippen LogP contribution in [-0.4, -0.2) is 16.5 Å². The summed E-state index contributed by atoms with van der Waals surface area (Å²) in [7, 11) is 0. The predicted molar refractivity (Wildman–Crippen MR) is 87.9 cm³/mol. The highest BCUT2D eigenvalue weighted by atomic mass is 79.9. The van der Waals surface area contributed by atoms with Gasteiger partial charge in [-0.1, -0.05) is 41.9 Å². The van der Waals surface area contributed by atoms with Gasteiger partial charge in [-0.25, -0.2) is 9.97 Å². The van der Waals surface area contributed by atoms with Crippen LogP contribution < -0.4 is 5.32 Å². The van der Waals surface area contributed by atoms with Crippen molar-refractivity contribution in [2.75, 3.05) is 11.9 Å². The molecule has 3 nitrogen and oxygen atoms in total. The fourth-order valence-corrected chi connectivity index (χ4v) is 2.45. The molecular formula is C16H20BrN3. The van der Waals surface area contributed by atoms with E-state index in [0.717, 1.165) is 40.3 Å². The van der Waals surface area contributed by atoms with Crippen molar-refractivity contribution in [2.24, 2.45) is 5.92 Å². The van der Waals surface area contributed by atoms with E-state index in [1.807, 2.05) is 30.3 Å². The fourth-order valence-electron chi connectivity index (χ4n) is 2.05. The van der Waals surface area contributed by atoms with Crippen molar-refractivity contribution in [3.05, 3.63) is 40.5 Å². The standard InChI is InChI=1S/C16H20BrN3/c1-4-18-15-10-14(8-11(2)3)19-16(20-15)12-6-5-7-13(17)9-12/h5-7,9-11H,4,8H2,1-3H3,(H,18,19,20). The number of rotatable bonds is 5. The Morgan fingerprint density at radius 3 is 2.65 bits per heavy atom. The average Bonchev–Trinajstić information content (AvgIpc) is 2.38. The Bertz CT molecular complexity index is 582. The summed E-state index contributed by atoms with van der Waals surface area (Å²) in [5.74, 6) is 2.25. The second-order valence-corrected chi connectivity index (χ2v) is 6.12. The van der Waals surface area contributed by atoms with Gasteiger partial charge in [-0.05, 0) is 31.4 Å². The van der Waals surface area contributed by atoms with Gasteiger partial charge in [0.25, 0.3) is 0 Å². The first-order valence-corrected chi connectivity index (χ1v) is 7.75. The molecule has 0 saturated heterocycles. The Morgan fingerprint density at radius 2 is 2.00 bits per heavy atom. The van der Waals surface area contributed by atoms with E-state index in [9.17, 15) is 0 Å². The summed E-state index contributed by atoms with van der Waals surface area (Å²) in [6.45, 7) is 7.33. The van der Waals surface area contributed by atoms with E-state index in [0.29, 0.717) is 5.92 Å². The summed E-state index contributed by atoms with van der Waals surface area (Å²) < 4.78 is 1.04. The van der Waals surface area contributed by atoms with Crippen molar-refractivity contribution in [1.29, 1.82) is 0 Å². The van der Waals surface area contributed by atoms with Gasteiger partial charge in [0, 0.05) is 28.3 Å². The van der Waals surface area contributed by atoms with Crippen molar-refractivity contribution in [3.63, 3.8) is 0 Å². The Hall–Kier alpha value is -1.42. The molecule has 0 aliphatic rings. The van der Waals surface area contributed by atoms with E-state index in [2.05, 4.69) is 47.0 Å². The SMILES string of the molecule is CCNc1cc(CC(C)C)nc(-c2cccc(Br)c2)n1. The van der Waals surface area contributed by atoms with Crippen LogP contribution in [0.5, 0.6) is 0 Å². The lowest BCUT2D eigenvalue weighted by Crippen LogP contribution is -2.06. The Balaban J connectivity index is 2.43. The molecule has 0 fully saturated rings. The quantitative estimate of drug-likeness (QED) is 0.872. The summed E-state index contributed by atoms with van der Waals surface area (Å²) in [5.41, 5.74) is 2.12. The third kappa shape index (κ3) is 4.04. The maximum absolute atomic E-state index is 4.70. The highest BCUT2D eigenvalue weighted by Crippen LogP contribution is 2.22. The van der Waals surface area contributed by atoms with Gasteiger partial charge in [-0.2, -0.15) is 0 Å². The minimum absolute atomic E-state index is 0.578. The van der Waals surface area contributed by atoms with Crippen LogP contribution in [0.4, 0.5) is 5.82 Å². The Kier molecular flexibility index (Phi) is 5.12. The number of nitrogens with one attached hydrogen (secondary N) is 1. The third-order valence-corrected chi connectivity index (χ3v) is 3.33. The molecule has 0 atom stereocenters. The average molecular weight is 334 g/mol. The number of hydrogen-bond donors (Lipinski definition) is 1. The molecule has 4 heteroatoms. The lowest BCUT2D eigenvalue weighted by atomic mass is 10.1. The van der Waals surface area contributed by atoms with E-state index >= 15 is 0 Å². The highest BCUT2D eigenvalue weighted by Gasteiger charge is 2.08. The van der Waals surface area contributed by atoms with Crippen molar-refractivity contribution in [2.45, 2.75) is 27.2 Å². The first-order valence-electron chi connectivity index (χ1n) is 6.96. The van der Waals surface area contributed by atoms with Crippen LogP contribution in [-0.2, 0) is 6.42 Å². The van der Waals surface area contributed by atoms with Crippen LogP contribution in [0.1, 0.15) is 26.5 Å². The Labute approximate surface area is 129 Å². The molecule has 0 radical (unpaired) electrons. The van der Waals surface area contributed by atoms with E-state index in [-0.39, 0.29) is 0 Å². The van der Waals surface area contributed by atoms with Gasteiger partial charge >= 0.3 is 0 Å². The van der Waals surface area contributed by atoms with Crippen LogP contribution in [0.25, 0.3) is 11.4 Å². The maximum Gasteiger partial charge on any atom is 0.161 e. The number of aromatic nitrogens is 2. The lowest BCUT2D eigenvalue weighted by molar-refractivity contribution is 0.635. The zero-order chi connectivity index (χ0) is 14.5. The minimum atomic E-state index is 0.578. The zero-order valence-corrected chi connectivity index (χ0v) is 13.7. The lowest BCUT2D eigenvalue weighted by Gasteiger charge is -2.10. The molecule has 0 aliphatic carbocycles. The first kappa shape index (κ1) is 15.0. The molecule has 0 spiro atoms. The summed E-state index contributed by atoms with van der Waals surface area (Å²) in [5, 5.41) is 3.28. The predicted octanol–water partition coefficient (Wildman–Crippen LogP) is 4.54. The molecule has 1 N–H and O–H groups in total. The van der Waals surface area contributed by atoms with E-state index in [1.165, 1.54) is 0 Å². The summed E-state index contributed by atoms with van der Waals surface area (Å²) in [4.78, 5) is 9.29. The molecule has 1 aromatic heterocycles. The van der Waals surface area contributed by atoms with Crippen LogP contribution >= 0.6 is 15.9 Å². The van der Waals surface area contributed by atoms with Gasteiger partial charge in [-0.3, -0.25) is 0 Å². The topological polar surface area (TPSA) is 37.8 Å². The first-order chi connectivity index (χ1) is 9.58. The van der Waals surface area contributed by atoms with Crippen molar-refractivity contribution >= 4 is 21.7 Å². The zero-order valence-electron chi connectivity index (χ0n) is 12.2. The molecule has 1 heterocycles. The number of halogens is 1. The largest absolute Gasteiger partial charge is 0.370 e. The van der Waals surface area contributed by atoms with Gasteiger partial charge in [0.2, 0.25) is 0 Å². The number of benzene rings is 1. The van der Waals surface area contributed by atoms with Crippen LogP contribution in [0.15, 0.2) is 34.8 Å². The second kappa shape index (κ2) is 6.84. The molecule has 2 rings (SSSR count). The third-order valence-electron chi connectivity index (χ3n) is 2.84. The van der Waals surface area contributed by atoms with Crippen molar-refractivity contribution < 1.29 is 0 Å². The van der Waals surface area contributed by atoms with Crippen LogP contribution in [0.3, 0.4) is 0 Å². The molecule has 20 heavy (non-hydrogen) atoms. The minimum Gasteiger partial charge on any atom is -0.370 e. The molecule has 0 aliphatic heterocycles. The van der Waals surface area contributed by atoms with Crippen molar-refractivity contribution in [3.8, 4) is 11.4 Å². The van der Waals surface area contributed by atoms with Gasteiger partial charge in [0.15, 0.2) is 5.82 Å². The highest BCUT2D eigenvalue weighted by molar-refractivity contribution is 9.10. The molecular weight excluding hydrogens is 314 g/mol. The molecule has 0 saturated carbocycles. The summed E-state index contributed by atoms with van der Waals surface area (Å²) >= 11 is 3.50. The molecule has 0 amide bonds. The summed E-state index contributed by atoms with van der Waals surface area (Å²) in [6.07, 6.45) is 0.960. The molecule has 0 unspecified atom stereocenters. The van der Waals surface area contributed by atoms with Gasteiger partial charge in [0.1, 0.15) is 5.82 Å². The van der Waals surface area contributed by atoms with Crippen LogP contribution in [0, 0.1) is 5.92 Å². The second-order valence-electron chi connectivity index (χ2n) is 5.21. The molecule has 106 valence electrons. The number of anilines is 1. The number of hydrogen-bond acceptors (Lipinski definition) is 3. The maximum atomic E-state index is 4.70. The normalized spacial score (nSPS) is 10.8. The van der Waals surface area contributed by atoms with Crippen molar-refractivity contribution in [1.82, 2.24) is 9.97 Å². The fraction of sp³-hybridized carbons (Fsp3) is 0.375. The molecule has 2 aromatic rings. The Morgan fingerprint density at radius 1 is 1.20 bits per heavy atom. The smallest absolute Gasteiger partial charge is 0.161 e. The summed E-state index contributed by atoms with van der Waals surface area (Å²) in [6, 6.07) is 10.1. The molecule has 1 aromatic carbocycles. The number of nitrogens with zero attached hydrogens (tertiary/aromatic N) is 2. The van der Waals surface area contributed by atoms with Crippen LogP contribution in [0.2, 0.25) is 0 Å². The van der Waals surface area contributed by atoms with E-state index < -0.39 is 0 Å². The molecule has 0 bridgehead atoms. The monoisotopic (exact) mass is 333 g/mol. The van der Waals surface area contributed by atoms with Gasteiger partial charge in [0.05, 0.1) is 0 Å². The van der Waals surface area contributed by atoms with E-state index in [1.54, 1.807) is 0 Å².